The Kier molecular flexibility index (Phi) is 6.71. The van der Waals surface area contributed by atoms with Gasteiger partial charge >= 0.3 is 0 Å². The molecule has 1 aromatic heterocycles. The fraction of sp³-hybridized carbons (Fsp3) is 0.615. The van der Waals surface area contributed by atoms with Crippen LogP contribution in [-0.4, -0.2) is 30.8 Å². The van der Waals surface area contributed by atoms with Crippen LogP contribution < -0.4 is 5.73 Å². The minimum atomic E-state index is -3.55. The molecule has 5 nitrogen and oxygen atoms in total. The van der Waals surface area contributed by atoms with E-state index in [4.69, 9.17) is 17.3 Å². The zero-order valence-corrected chi connectivity index (χ0v) is 13.5. The second-order valence-corrected chi connectivity index (χ2v) is 6.99. The first-order valence-corrected chi connectivity index (χ1v) is 8.66. The van der Waals surface area contributed by atoms with Gasteiger partial charge in [-0.1, -0.05) is 38.3 Å². The van der Waals surface area contributed by atoms with Gasteiger partial charge in [-0.2, -0.15) is 4.31 Å². The molecule has 0 aromatic carbocycles. The van der Waals surface area contributed by atoms with Gasteiger partial charge in [-0.25, -0.2) is 13.4 Å². The number of unbranched alkanes of at least 4 members (excludes halogenated alkanes) is 2. The number of pyridine rings is 1. The van der Waals surface area contributed by atoms with Crippen LogP contribution in [-0.2, 0) is 10.0 Å². The molecule has 0 saturated heterocycles. The summed E-state index contributed by atoms with van der Waals surface area (Å²) in [5, 5.41) is 0.164. The number of sulfonamides is 1. The number of anilines is 1. The van der Waals surface area contributed by atoms with Crippen LogP contribution in [0.3, 0.4) is 0 Å². The molecule has 1 heterocycles. The lowest BCUT2D eigenvalue weighted by Gasteiger charge is -2.21. The molecule has 0 aliphatic carbocycles. The Balaban J connectivity index is 3.03. The van der Waals surface area contributed by atoms with Crippen LogP contribution in [0.25, 0.3) is 0 Å². The summed E-state index contributed by atoms with van der Waals surface area (Å²) in [4.78, 5) is 3.93. The number of aromatic nitrogens is 1. The van der Waals surface area contributed by atoms with E-state index in [2.05, 4.69) is 4.98 Å². The average molecular weight is 320 g/mol. The third kappa shape index (κ3) is 4.33. The lowest BCUT2D eigenvalue weighted by molar-refractivity contribution is 0.395. The number of hydrogen-bond acceptors (Lipinski definition) is 4. The van der Waals surface area contributed by atoms with Crippen LogP contribution in [0.15, 0.2) is 17.2 Å². The fourth-order valence-corrected chi connectivity index (χ4v) is 3.46. The minimum absolute atomic E-state index is 0.101. The highest BCUT2D eigenvalue weighted by Crippen LogP contribution is 2.23. The maximum absolute atomic E-state index is 12.6. The summed E-state index contributed by atoms with van der Waals surface area (Å²) < 4.78 is 26.7. The zero-order valence-electron chi connectivity index (χ0n) is 12.0. The Labute approximate surface area is 126 Å². The molecule has 1 rings (SSSR count). The molecule has 0 atom stereocenters. The van der Waals surface area contributed by atoms with Crippen molar-refractivity contribution in [3.05, 3.63) is 17.3 Å². The number of nitrogen functional groups attached to an aromatic ring is 1. The molecule has 0 aliphatic rings. The van der Waals surface area contributed by atoms with Crippen LogP contribution >= 0.6 is 11.6 Å². The molecule has 0 amide bonds. The molecule has 0 unspecified atom stereocenters. The van der Waals surface area contributed by atoms with Crippen molar-refractivity contribution in [1.29, 1.82) is 0 Å². The summed E-state index contributed by atoms with van der Waals surface area (Å²) in [5.41, 5.74) is 5.52. The Morgan fingerprint density at radius 1 is 1.25 bits per heavy atom. The zero-order chi connectivity index (χ0) is 15.2. The number of nitrogens with two attached hydrogens (primary N) is 1. The Morgan fingerprint density at radius 3 is 2.25 bits per heavy atom. The van der Waals surface area contributed by atoms with Crippen LogP contribution in [0.4, 0.5) is 5.82 Å². The van der Waals surface area contributed by atoms with E-state index in [0.29, 0.717) is 13.1 Å². The number of rotatable bonds is 8. The molecule has 1 aromatic rings. The summed E-state index contributed by atoms with van der Waals surface area (Å²) in [5.74, 6) is 0.138. The topological polar surface area (TPSA) is 76.3 Å². The van der Waals surface area contributed by atoms with Gasteiger partial charge in [0.05, 0.1) is 5.02 Å². The molecule has 20 heavy (non-hydrogen) atoms. The Bertz CT molecular complexity index is 526. The maximum Gasteiger partial charge on any atom is 0.244 e. The van der Waals surface area contributed by atoms with Gasteiger partial charge < -0.3 is 5.73 Å². The van der Waals surface area contributed by atoms with E-state index < -0.39 is 10.0 Å². The third-order valence-electron chi connectivity index (χ3n) is 3.00. The van der Waals surface area contributed by atoms with Gasteiger partial charge in [0.15, 0.2) is 0 Å². The molecule has 7 heteroatoms. The maximum atomic E-state index is 12.6. The standard InChI is InChI=1S/C13H22ClN3O2S/c1-3-5-7-17(8-6-4-2)20(18,19)11-9-12(14)13(15)16-10-11/h9-10H,3-8H2,1-2H3,(H2,15,16). The molecule has 0 spiro atoms. The monoisotopic (exact) mass is 319 g/mol. The Morgan fingerprint density at radius 2 is 1.80 bits per heavy atom. The predicted octanol–water partition coefficient (Wildman–Crippen LogP) is 2.91. The number of nitrogens with zero attached hydrogens (tertiary/aromatic N) is 2. The van der Waals surface area contributed by atoms with Crippen molar-refractivity contribution in [1.82, 2.24) is 9.29 Å². The summed E-state index contributed by atoms with van der Waals surface area (Å²) in [6.07, 6.45) is 4.82. The Hall–Kier alpha value is -0.850. The van der Waals surface area contributed by atoms with Gasteiger partial charge in [0.25, 0.3) is 0 Å². The van der Waals surface area contributed by atoms with Gasteiger partial charge in [-0.3, -0.25) is 0 Å². The quantitative estimate of drug-likeness (QED) is 0.799. The van der Waals surface area contributed by atoms with Crippen LogP contribution in [0.5, 0.6) is 0 Å². The lowest BCUT2D eigenvalue weighted by Crippen LogP contribution is -2.33. The van der Waals surface area contributed by atoms with E-state index >= 15 is 0 Å². The first kappa shape index (κ1) is 17.2. The van der Waals surface area contributed by atoms with Crippen molar-refractivity contribution in [3.63, 3.8) is 0 Å². The SMILES string of the molecule is CCCCN(CCCC)S(=O)(=O)c1cnc(N)c(Cl)c1. The van der Waals surface area contributed by atoms with E-state index in [1.165, 1.54) is 16.6 Å². The largest absolute Gasteiger partial charge is 0.382 e. The summed E-state index contributed by atoms with van der Waals surface area (Å²) in [6.45, 7) is 5.10. The average Bonchev–Trinajstić information content (AvgIpc) is 2.41. The minimum Gasteiger partial charge on any atom is -0.382 e. The molecule has 0 fully saturated rings. The molecule has 0 bridgehead atoms. The second-order valence-electron chi connectivity index (χ2n) is 4.65. The van der Waals surface area contributed by atoms with Crippen molar-refractivity contribution < 1.29 is 8.42 Å². The fourth-order valence-electron chi connectivity index (χ4n) is 1.74. The highest BCUT2D eigenvalue weighted by atomic mass is 35.5. The number of halogens is 1. The molecular weight excluding hydrogens is 298 g/mol. The second kappa shape index (κ2) is 7.81. The van der Waals surface area contributed by atoms with Crippen molar-refractivity contribution in [2.75, 3.05) is 18.8 Å². The smallest absolute Gasteiger partial charge is 0.244 e. The molecule has 2 N–H and O–H groups in total. The lowest BCUT2D eigenvalue weighted by atomic mass is 10.3. The van der Waals surface area contributed by atoms with Crippen molar-refractivity contribution in [2.45, 2.75) is 44.4 Å². The van der Waals surface area contributed by atoms with Gasteiger partial charge in [0, 0.05) is 19.3 Å². The van der Waals surface area contributed by atoms with Crippen molar-refractivity contribution in [2.24, 2.45) is 0 Å². The van der Waals surface area contributed by atoms with E-state index in [9.17, 15) is 8.42 Å². The molecule has 0 radical (unpaired) electrons. The number of hydrogen-bond donors (Lipinski definition) is 1. The molecule has 0 saturated carbocycles. The molecular formula is C13H22ClN3O2S. The highest BCUT2D eigenvalue weighted by molar-refractivity contribution is 7.89. The third-order valence-corrected chi connectivity index (χ3v) is 5.17. The summed E-state index contributed by atoms with van der Waals surface area (Å²) in [6, 6.07) is 1.37. The van der Waals surface area contributed by atoms with Gasteiger partial charge in [-0.05, 0) is 18.9 Å². The van der Waals surface area contributed by atoms with Gasteiger partial charge in [-0.15, -0.1) is 0 Å². The van der Waals surface area contributed by atoms with Gasteiger partial charge in [0.1, 0.15) is 10.7 Å². The summed E-state index contributed by atoms with van der Waals surface area (Å²) >= 11 is 5.86. The molecule has 0 aliphatic heterocycles. The van der Waals surface area contributed by atoms with E-state index in [1.807, 2.05) is 13.8 Å². The normalized spacial score (nSPS) is 12.0. The van der Waals surface area contributed by atoms with E-state index in [-0.39, 0.29) is 15.7 Å². The molecule has 114 valence electrons. The first-order valence-electron chi connectivity index (χ1n) is 6.84. The summed E-state index contributed by atoms with van der Waals surface area (Å²) in [7, 11) is -3.55. The van der Waals surface area contributed by atoms with E-state index in [0.717, 1.165) is 25.7 Å². The van der Waals surface area contributed by atoms with Crippen LogP contribution in [0.2, 0.25) is 5.02 Å². The highest BCUT2D eigenvalue weighted by Gasteiger charge is 2.24. The van der Waals surface area contributed by atoms with Crippen molar-refractivity contribution >= 4 is 27.4 Å². The van der Waals surface area contributed by atoms with Crippen LogP contribution in [0, 0.1) is 0 Å². The first-order chi connectivity index (χ1) is 9.43. The predicted molar refractivity (Wildman–Crippen MR) is 82.2 cm³/mol. The van der Waals surface area contributed by atoms with E-state index in [1.54, 1.807) is 0 Å². The van der Waals surface area contributed by atoms with Gasteiger partial charge in [0.2, 0.25) is 10.0 Å². The van der Waals surface area contributed by atoms with Crippen LogP contribution in [0.1, 0.15) is 39.5 Å². The van der Waals surface area contributed by atoms with Crippen molar-refractivity contribution in [3.8, 4) is 0 Å².